The van der Waals surface area contributed by atoms with E-state index in [0.717, 1.165) is 17.7 Å². The van der Waals surface area contributed by atoms with Crippen molar-refractivity contribution in [2.24, 2.45) is 4.40 Å². The van der Waals surface area contributed by atoms with Gasteiger partial charge in [0.1, 0.15) is 29.9 Å². The minimum Gasteiger partial charge on any atom is -0.490 e. The highest BCUT2D eigenvalue weighted by Gasteiger charge is 2.39. The lowest BCUT2D eigenvalue weighted by molar-refractivity contribution is -0.148. The number of carbonyl (C=O) groups excluding carboxylic acids is 1. The Kier molecular flexibility index (Phi) is 5.27. The molecule has 0 spiro atoms. The predicted molar refractivity (Wildman–Crippen MR) is 108 cm³/mol. The molecule has 2 aliphatic rings. The summed E-state index contributed by atoms with van der Waals surface area (Å²) in [6, 6.07) is 13.8. The van der Waals surface area contributed by atoms with Crippen LogP contribution in [0.15, 0.2) is 57.8 Å². The number of aryl methyl sites for hydroxylation is 1. The number of nitrogens with zero attached hydrogens (tertiary/aromatic N) is 2. The molecule has 1 fully saturated rings. The minimum absolute atomic E-state index is 0.124. The van der Waals surface area contributed by atoms with E-state index in [2.05, 4.69) is 4.40 Å². The van der Waals surface area contributed by atoms with Crippen molar-refractivity contribution in [3.8, 4) is 5.75 Å². The number of rotatable bonds is 5. The second kappa shape index (κ2) is 7.87. The number of fused-ring (bicyclic) bond motifs is 1. The first-order valence-corrected chi connectivity index (χ1v) is 11.0. The molecule has 2 heterocycles. The van der Waals surface area contributed by atoms with E-state index >= 15 is 0 Å². The van der Waals surface area contributed by atoms with Crippen molar-refractivity contribution in [3.63, 3.8) is 0 Å². The van der Waals surface area contributed by atoms with Gasteiger partial charge in [-0.1, -0.05) is 30.3 Å². The number of amidine groups is 1. The third-order valence-corrected chi connectivity index (χ3v) is 6.41. The number of hydrogen-bond donors (Lipinski definition) is 0. The van der Waals surface area contributed by atoms with Gasteiger partial charge in [0, 0.05) is 12.1 Å². The maximum Gasteiger partial charge on any atom is 0.328 e. The summed E-state index contributed by atoms with van der Waals surface area (Å²) in [5, 5.41) is 0. The van der Waals surface area contributed by atoms with Gasteiger partial charge < -0.3 is 14.4 Å². The molecular weight excluding hydrogens is 392 g/mol. The Morgan fingerprint density at radius 3 is 2.72 bits per heavy atom. The maximum atomic E-state index is 12.6. The quantitative estimate of drug-likeness (QED) is 0.552. The summed E-state index contributed by atoms with van der Waals surface area (Å²) in [4.78, 5) is 14.6. The van der Waals surface area contributed by atoms with Crippen molar-refractivity contribution in [1.82, 2.24) is 4.90 Å². The average Bonchev–Trinajstić information content (AvgIpc) is 3.29. The topological polar surface area (TPSA) is 85.3 Å². The fourth-order valence-electron chi connectivity index (χ4n) is 3.67. The molecule has 7 nitrogen and oxygen atoms in total. The first kappa shape index (κ1) is 19.4. The Morgan fingerprint density at radius 2 is 1.90 bits per heavy atom. The lowest BCUT2D eigenvalue weighted by Gasteiger charge is -2.25. The van der Waals surface area contributed by atoms with E-state index in [0.29, 0.717) is 24.4 Å². The van der Waals surface area contributed by atoms with Crippen molar-refractivity contribution < 1.29 is 22.7 Å². The van der Waals surface area contributed by atoms with E-state index in [1.54, 1.807) is 23.1 Å². The van der Waals surface area contributed by atoms with Gasteiger partial charge in [0.2, 0.25) is 0 Å². The second-order valence-corrected chi connectivity index (χ2v) is 8.59. The molecule has 0 amide bonds. The molecule has 0 saturated carbocycles. The normalized spacial score (nSPS) is 19.6. The van der Waals surface area contributed by atoms with Gasteiger partial charge in [-0.15, -0.1) is 4.40 Å². The number of esters is 1. The van der Waals surface area contributed by atoms with E-state index in [1.807, 2.05) is 31.2 Å². The van der Waals surface area contributed by atoms with Crippen LogP contribution in [0.5, 0.6) is 5.75 Å². The highest BCUT2D eigenvalue weighted by molar-refractivity contribution is 7.90. The molecule has 0 unspecified atom stereocenters. The second-order valence-electron chi connectivity index (χ2n) is 7.02. The molecule has 29 heavy (non-hydrogen) atoms. The van der Waals surface area contributed by atoms with Gasteiger partial charge in [0.15, 0.2) is 5.84 Å². The third-order valence-electron chi connectivity index (χ3n) is 5.09. The third kappa shape index (κ3) is 3.85. The van der Waals surface area contributed by atoms with Gasteiger partial charge in [-0.2, -0.15) is 8.42 Å². The highest BCUT2D eigenvalue weighted by Crippen LogP contribution is 2.31. The number of hydrogen-bond acceptors (Lipinski definition) is 6. The Morgan fingerprint density at radius 1 is 1.14 bits per heavy atom. The van der Waals surface area contributed by atoms with Crippen molar-refractivity contribution in [2.45, 2.75) is 30.7 Å². The Labute approximate surface area is 170 Å². The predicted octanol–water partition coefficient (Wildman–Crippen LogP) is 2.53. The largest absolute Gasteiger partial charge is 0.490 e. The fraction of sp³-hybridized carbons (Fsp3) is 0.333. The van der Waals surface area contributed by atoms with E-state index < -0.39 is 16.1 Å². The summed E-state index contributed by atoms with van der Waals surface area (Å²) >= 11 is 0. The number of carbonyl (C=O) groups is 1. The molecule has 8 heteroatoms. The number of likely N-dealkylation sites (tertiary alicyclic amines) is 1. The molecular formula is C21H22N2O5S. The standard InChI is InChI=1S/C21H22N2O5S/c1-15-7-2-4-10-18(15)27-13-14-28-21(24)17-9-6-12-23(17)20-16-8-3-5-11-19(16)29(25,26)22-20/h2-5,7-8,10-11,17H,6,9,12-14H2,1H3/t17-/m0/s1. The number of para-hydroxylation sites is 1. The van der Waals surface area contributed by atoms with Gasteiger partial charge in [0.05, 0.1) is 0 Å². The van der Waals surface area contributed by atoms with Crippen LogP contribution in [-0.4, -0.2) is 50.9 Å². The molecule has 0 N–H and O–H groups in total. The Bertz CT molecular complexity index is 1060. The van der Waals surface area contributed by atoms with Gasteiger partial charge in [-0.25, -0.2) is 4.79 Å². The summed E-state index contributed by atoms with van der Waals surface area (Å²) in [6.07, 6.45) is 1.36. The Balaban J connectivity index is 1.40. The van der Waals surface area contributed by atoms with Gasteiger partial charge in [0.25, 0.3) is 10.0 Å². The van der Waals surface area contributed by atoms with Gasteiger partial charge in [-0.3, -0.25) is 0 Å². The Hall–Kier alpha value is -2.87. The number of sulfonamides is 1. The summed E-state index contributed by atoms with van der Waals surface area (Å²) in [7, 11) is -3.72. The number of ether oxygens (including phenoxy) is 2. The van der Waals surface area contributed by atoms with Crippen LogP contribution in [0.2, 0.25) is 0 Å². The SMILES string of the molecule is Cc1ccccc1OCCOC(=O)[C@@H]1CCCN1C1=NS(=O)(=O)c2ccccc21. The first-order chi connectivity index (χ1) is 14.0. The van der Waals surface area contributed by atoms with Crippen molar-refractivity contribution >= 4 is 21.8 Å². The molecule has 2 aromatic carbocycles. The van der Waals surface area contributed by atoms with Crippen LogP contribution in [-0.2, 0) is 19.6 Å². The first-order valence-electron chi connectivity index (χ1n) is 9.53. The molecule has 0 radical (unpaired) electrons. The summed E-state index contributed by atoms with van der Waals surface area (Å²) < 4.78 is 39.6. The summed E-state index contributed by atoms with van der Waals surface area (Å²) in [6.45, 7) is 2.88. The molecule has 0 bridgehead atoms. The zero-order chi connectivity index (χ0) is 20.4. The molecule has 1 saturated heterocycles. The van der Waals surface area contributed by atoms with Crippen LogP contribution in [0.25, 0.3) is 0 Å². The van der Waals surface area contributed by atoms with Crippen LogP contribution in [0.4, 0.5) is 0 Å². The molecule has 0 aliphatic carbocycles. The molecule has 152 valence electrons. The fourth-order valence-corrected chi connectivity index (χ4v) is 4.89. The molecule has 2 aliphatic heterocycles. The molecule has 4 rings (SSSR count). The van der Waals surface area contributed by atoms with E-state index in [-0.39, 0.29) is 24.1 Å². The lowest BCUT2D eigenvalue weighted by atomic mass is 10.1. The maximum absolute atomic E-state index is 12.6. The van der Waals surface area contributed by atoms with Crippen LogP contribution in [0.1, 0.15) is 24.0 Å². The van der Waals surface area contributed by atoms with Crippen LogP contribution < -0.4 is 4.74 Å². The highest BCUT2D eigenvalue weighted by atomic mass is 32.2. The van der Waals surface area contributed by atoms with Crippen LogP contribution in [0.3, 0.4) is 0 Å². The monoisotopic (exact) mass is 414 g/mol. The summed E-state index contributed by atoms with van der Waals surface area (Å²) in [5.41, 5.74) is 1.55. The average molecular weight is 414 g/mol. The summed E-state index contributed by atoms with van der Waals surface area (Å²) in [5.74, 6) is 0.699. The van der Waals surface area contributed by atoms with Crippen LogP contribution >= 0.6 is 0 Å². The van der Waals surface area contributed by atoms with E-state index in [4.69, 9.17) is 9.47 Å². The van der Waals surface area contributed by atoms with E-state index in [9.17, 15) is 13.2 Å². The smallest absolute Gasteiger partial charge is 0.328 e. The number of benzene rings is 2. The van der Waals surface area contributed by atoms with Crippen LogP contribution in [0, 0.1) is 6.92 Å². The van der Waals surface area contributed by atoms with Crippen molar-refractivity contribution in [2.75, 3.05) is 19.8 Å². The lowest BCUT2D eigenvalue weighted by Crippen LogP contribution is -2.41. The van der Waals surface area contributed by atoms with Gasteiger partial charge >= 0.3 is 5.97 Å². The molecule has 1 atom stereocenters. The zero-order valence-electron chi connectivity index (χ0n) is 16.1. The minimum atomic E-state index is -3.72. The zero-order valence-corrected chi connectivity index (χ0v) is 16.9. The van der Waals surface area contributed by atoms with Crippen molar-refractivity contribution in [3.05, 3.63) is 59.7 Å². The molecule has 0 aromatic heterocycles. The van der Waals surface area contributed by atoms with E-state index in [1.165, 1.54) is 6.07 Å². The van der Waals surface area contributed by atoms with Crippen molar-refractivity contribution in [1.29, 1.82) is 0 Å². The van der Waals surface area contributed by atoms with Gasteiger partial charge in [-0.05, 0) is 43.5 Å². The molecule has 2 aromatic rings.